The Labute approximate surface area is 156 Å². The van der Waals surface area contributed by atoms with Crippen molar-refractivity contribution in [2.45, 2.75) is 4.34 Å². The molecular weight excluding hydrogens is 380 g/mol. The van der Waals surface area contributed by atoms with Crippen LogP contribution in [-0.2, 0) is 0 Å². The molecule has 1 aromatic heterocycles. The number of hydrogen-bond donors (Lipinski definition) is 1. The predicted molar refractivity (Wildman–Crippen MR) is 97.6 cm³/mol. The van der Waals surface area contributed by atoms with Gasteiger partial charge in [0.15, 0.2) is 21.8 Å². The van der Waals surface area contributed by atoms with Crippen LogP contribution in [0.3, 0.4) is 0 Å². The number of thioether (sulfide) groups is 1. The van der Waals surface area contributed by atoms with Gasteiger partial charge in [-0.15, -0.1) is 10.2 Å². The van der Waals surface area contributed by atoms with Crippen molar-refractivity contribution in [2.75, 3.05) is 18.2 Å². The maximum atomic E-state index is 13.2. The molecule has 0 saturated carbocycles. The van der Waals surface area contributed by atoms with Gasteiger partial charge < -0.3 is 10.1 Å². The largest absolute Gasteiger partial charge is 0.497 e. The third-order valence-electron chi connectivity index (χ3n) is 3.30. The lowest BCUT2D eigenvalue weighted by Crippen LogP contribution is -2.03. The Hall–Kier alpha value is -2.52. The number of methoxy groups -OCH3 is 1. The van der Waals surface area contributed by atoms with E-state index in [1.165, 1.54) is 29.2 Å². The molecule has 1 N–H and O–H groups in total. The van der Waals surface area contributed by atoms with Crippen molar-refractivity contribution >= 4 is 39.7 Å². The normalized spacial score (nSPS) is 10.6. The molecule has 1 heterocycles. The van der Waals surface area contributed by atoms with Gasteiger partial charge in [-0.1, -0.05) is 29.2 Å². The van der Waals surface area contributed by atoms with Gasteiger partial charge in [0.1, 0.15) is 5.75 Å². The summed E-state index contributed by atoms with van der Waals surface area (Å²) in [7, 11) is 1.59. The van der Waals surface area contributed by atoms with Crippen LogP contribution in [0.2, 0.25) is 0 Å². The summed E-state index contributed by atoms with van der Waals surface area (Å²) >= 11 is 2.47. The van der Waals surface area contributed by atoms with E-state index in [1.54, 1.807) is 7.11 Å². The summed E-state index contributed by atoms with van der Waals surface area (Å²) in [6, 6.07) is 10.5. The summed E-state index contributed by atoms with van der Waals surface area (Å²) in [5, 5.41) is 11.7. The number of halogens is 2. The summed E-state index contributed by atoms with van der Waals surface area (Å²) in [4.78, 5) is 12.1. The first kappa shape index (κ1) is 18.3. The molecule has 0 saturated heterocycles. The summed E-state index contributed by atoms with van der Waals surface area (Å²) < 4.78 is 31.9. The number of ketones is 1. The van der Waals surface area contributed by atoms with Crippen LogP contribution in [0.4, 0.5) is 19.6 Å². The van der Waals surface area contributed by atoms with E-state index in [0.29, 0.717) is 15.2 Å². The highest BCUT2D eigenvalue weighted by atomic mass is 32.2. The van der Waals surface area contributed by atoms with Gasteiger partial charge in [0.2, 0.25) is 5.13 Å². The molecule has 3 aromatic rings. The van der Waals surface area contributed by atoms with Crippen molar-refractivity contribution in [1.82, 2.24) is 10.2 Å². The average molecular weight is 393 g/mol. The third-order valence-corrected chi connectivity index (χ3v) is 5.27. The number of anilines is 2. The van der Waals surface area contributed by atoms with Gasteiger partial charge in [-0.25, -0.2) is 8.78 Å². The molecule has 26 heavy (non-hydrogen) atoms. The maximum Gasteiger partial charge on any atom is 0.210 e. The standard InChI is InChI=1S/C17H13F2N3O2S2/c1-24-12-4-2-3-11(8-12)20-16-21-22-17(26-16)25-9-15(23)10-5-6-13(18)14(19)7-10/h2-8H,9H2,1H3,(H,20,21). The first-order valence-corrected chi connectivity index (χ1v) is 9.21. The Bertz CT molecular complexity index is 934. The molecule has 0 bridgehead atoms. The van der Waals surface area contributed by atoms with Crippen LogP contribution in [0, 0.1) is 11.6 Å². The second kappa shape index (κ2) is 8.24. The number of rotatable bonds is 7. The van der Waals surface area contributed by atoms with Crippen LogP contribution in [-0.4, -0.2) is 28.8 Å². The fraction of sp³-hybridized carbons (Fsp3) is 0.118. The molecule has 9 heteroatoms. The lowest BCUT2D eigenvalue weighted by atomic mass is 10.1. The molecule has 0 amide bonds. The van der Waals surface area contributed by atoms with E-state index in [-0.39, 0.29) is 17.1 Å². The first-order chi connectivity index (χ1) is 12.5. The van der Waals surface area contributed by atoms with Crippen LogP contribution in [0.1, 0.15) is 10.4 Å². The molecule has 0 aliphatic carbocycles. The summed E-state index contributed by atoms with van der Waals surface area (Å²) in [5.74, 6) is -1.57. The molecule has 2 aromatic carbocycles. The van der Waals surface area contributed by atoms with Gasteiger partial charge in [-0.3, -0.25) is 4.79 Å². The molecule has 0 unspecified atom stereocenters. The van der Waals surface area contributed by atoms with E-state index in [1.807, 2.05) is 24.3 Å². The van der Waals surface area contributed by atoms with E-state index < -0.39 is 11.6 Å². The summed E-state index contributed by atoms with van der Waals surface area (Å²) in [5.41, 5.74) is 0.922. The third kappa shape index (κ3) is 4.55. The van der Waals surface area contributed by atoms with Gasteiger partial charge >= 0.3 is 0 Å². The number of hydrogen-bond acceptors (Lipinski definition) is 7. The number of aromatic nitrogens is 2. The fourth-order valence-electron chi connectivity index (χ4n) is 2.02. The van der Waals surface area contributed by atoms with Crippen molar-refractivity contribution in [3.63, 3.8) is 0 Å². The zero-order chi connectivity index (χ0) is 18.5. The van der Waals surface area contributed by atoms with E-state index >= 15 is 0 Å². The zero-order valence-corrected chi connectivity index (χ0v) is 15.2. The number of benzene rings is 2. The Kier molecular flexibility index (Phi) is 5.79. The average Bonchev–Trinajstić information content (AvgIpc) is 3.09. The number of carbonyl (C=O) groups is 1. The topological polar surface area (TPSA) is 64.1 Å². The quantitative estimate of drug-likeness (QED) is 0.470. The second-order valence-corrected chi connectivity index (χ2v) is 7.27. The molecule has 0 aliphatic heterocycles. The minimum atomic E-state index is -1.04. The molecular formula is C17H13F2N3O2S2. The van der Waals surface area contributed by atoms with Crippen molar-refractivity contribution in [2.24, 2.45) is 0 Å². The lowest BCUT2D eigenvalue weighted by molar-refractivity contribution is 0.102. The minimum Gasteiger partial charge on any atom is -0.497 e. The highest BCUT2D eigenvalue weighted by molar-refractivity contribution is 8.01. The monoisotopic (exact) mass is 393 g/mol. The second-order valence-electron chi connectivity index (χ2n) is 5.07. The SMILES string of the molecule is COc1cccc(Nc2nnc(SCC(=O)c3ccc(F)c(F)c3)s2)c1. The fourth-order valence-corrected chi connectivity index (χ4v) is 3.69. The van der Waals surface area contributed by atoms with E-state index in [2.05, 4.69) is 15.5 Å². The number of ether oxygens (including phenoxy) is 1. The Morgan fingerprint density at radius 2 is 2.04 bits per heavy atom. The smallest absolute Gasteiger partial charge is 0.210 e. The van der Waals surface area contributed by atoms with E-state index in [4.69, 9.17) is 4.74 Å². The van der Waals surface area contributed by atoms with Crippen LogP contribution >= 0.6 is 23.1 Å². The highest BCUT2D eigenvalue weighted by Gasteiger charge is 2.12. The van der Waals surface area contributed by atoms with Crippen molar-refractivity contribution in [3.05, 3.63) is 59.7 Å². The van der Waals surface area contributed by atoms with Crippen molar-refractivity contribution in [1.29, 1.82) is 0 Å². The van der Waals surface area contributed by atoms with Gasteiger partial charge in [0.25, 0.3) is 0 Å². The van der Waals surface area contributed by atoms with Gasteiger partial charge in [0.05, 0.1) is 12.9 Å². The lowest BCUT2D eigenvalue weighted by Gasteiger charge is -2.04. The zero-order valence-electron chi connectivity index (χ0n) is 13.5. The molecule has 0 fully saturated rings. The van der Waals surface area contributed by atoms with E-state index in [9.17, 15) is 13.6 Å². The highest BCUT2D eigenvalue weighted by Crippen LogP contribution is 2.29. The Balaban J connectivity index is 1.59. The Morgan fingerprint density at radius 1 is 1.19 bits per heavy atom. The number of carbonyl (C=O) groups excluding carboxylic acids is 1. The van der Waals surface area contributed by atoms with Crippen LogP contribution < -0.4 is 10.1 Å². The molecule has 0 radical (unpaired) electrons. The van der Waals surface area contributed by atoms with E-state index in [0.717, 1.165) is 17.8 Å². The van der Waals surface area contributed by atoms with Crippen molar-refractivity contribution < 1.29 is 18.3 Å². The maximum absolute atomic E-state index is 13.2. The summed E-state index contributed by atoms with van der Waals surface area (Å²) in [6.07, 6.45) is 0. The van der Waals surface area contributed by atoms with Crippen LogP contribution in [0.5, 0.6) is 5.75 Å². The Morgan fingerprint density at radius 3 is 2.81 bits per heavy atom. The molecule has 134 valence electrons. The van der Waals surface area contributed by atoms with Gasteiger partial charge in [0, 0.05) is 17.3 Å². The van der Waals surface area contributed by atoms with Gasteiger partial charge in [-0.05, 0) is 30.3 Å². The van der Waals surface area contributed by atoms with Crippen LogP contribution in [0.25, 0.3) is 0 Å². The number of nitrogens with zero attached hydrogens (tertiary/aromatic N) is 2. The molecule has 5 nitrogen and oxygen atoms in total. The first-order valence-electron chi connectivity index (χ1n) is 7.41. The number of nitrogens with one attached hydrogen (secondary N) is 1. The molecule has 0 aliphatic rings. The number of Topliss-reactive ketones (excluding diaryl/α,β-unsaturated/α-hetero) is 1. The predicted octanol–water partition coefficient (Wildman–Crippen LogP) is 4.54. The summed E-state index contributed by atoms with van der Waals surface area (Å²) in [6.45, 7) is 0. The van der Waals surface area contributed by atoms with Crippen molar-refractivity contribution in [3.8, 4) is 5.75 Å². The van der Waals surface area contributed by atoms with Crippen LogP contribution in [0.15, 0.2) is 46.8 Å². The molecule has 3 rings (SSSR count). The van der Waals surface area contributed by atoms with Gasteiger partial charge in [-0.2, -0.15) is 0 Å². The minimum absolute atomic E-state index is 0.0544. The molecule has 0 spiro atoms. The molecule has 0 atom stereocenters.